The van der Waals surface area contributed by atoms with E-state index in [9.17, 15) is 4.79 Å². The van der Waals surface area contributed by atoms with Crippen LogP contribution in [0.4, 0.5) is 5.69 Å². The number of nitrogens with two attached hydrogens (primary N) is 1. The lowest BCUT2D eigenvalue weighted by molar-refractivity contribution is -0.152. The molecule has 1 saturated carbocycles. The van der Waals surface area contributed by atoms with Crippen molar-refractivity contribution in [2.45, 2.75) is 52.6 Å². The largest absolute Gasteiger partial charge is 0.462 e. The Kier molecular flexibility index (Phi) is 4.36. The van der Waals surface area contributed by atoms with Crippen LogP contribution in [0.5, 0.6) is 0 Å². The van der Waals surface area contributed by atoms with Crippen LogP contribution in [0.3, 0.4) is 0 Å². The predicted molar refractivity (Wildman–Crippen MR) is 81.2 cm³/mol. The van der Waals surface area contributed by atoms with Crippen LogP contribution in [-0.2, 0) is 16.0 Å². The van der Waals surface area contributed by atoms with Gasteiger partial charge in [-0.1, -0.05) is 32.9 Å². The molecular formula is C17H25NO2. The van der Waals surface area contributed by atoms with Gasteiger partial charge in [0.05, 0.1) is 6.42 Å². The molecule has 2 atom stereocenters. The highest BCUT2D eigenvalue weighted by molar-refractivity contribution is 5.73. The third-order valence-electron chi connectivity index (χ3n) is 3.94. The zero-order valence-corrected chi connectivity index (χ0v) is 12.7. The molecule has 0 saturated heterocycles. The van der Waals surface area contributed by atoms with Crippen LogP contribution in [0.15, 0.2) is 24.3 Å². The summed E-state index contributed by atoms with van der Waals surface area (Å²) in [6.07, 6.45) is 3.50. The molecule has 3 nitrogen and oxygen atoms in total. The Morgan fingerprint density at radius 2 is 2.15 bits per heavy atom. The number of esters is 1. The lowest BCUT2D eigenvalue weighted by Gasteiger charge is -2.38. The minimum atomic E-state index is -0.148. The second-order valence-electron chi connectivity index (χ2n) is 6.95. The van der Waals surface area contributed by atoms with Gasteiger partial charge in [0.15, 0.2) is 0 Å². The number of carbonyl (C=O) groups is 1. The Morgan fingerprint density at radius 3 is 2.80 bits per heavy atom. The molecule has 0 heterocycles. The quantitative estimate of drug-likeness (QED) is 0.677. The normalized spacial score (nSPS) is 25.1. The van der Waals surface area contributed by atoms with Gasteiger partial charge in [0, 0.05) is 5.69 Å². The van der Waals surface area contributed by atoms with Crippen LogP contribution in [-0.4, -0.2) is 12.1 Å². The molecular weight excluding hydrogens is 250 g/mol. The maximum absolute atomic E-state index is 12.0. The summed E-state index contributed by atoms with van der Waals surface area (Å²) in [6.45, 7) is 6.74. The topological polar surface area (TPSA) is 52.3 Å². The van der Waals surface area contributed by atoms with Gasteiger partial charge in [-0.05, 0) is 48.3 Å². The van der Waals surface area contributed by atoms with Crippen LogP contribution in [0.25, 0.3) is 0 Å². The van der Waals surface area contributed by atoms with Gasteiger partial charge in [0.25, 0.3) is 0 Å². The van der Waals surface area contributed by atoms with Crippen molar-refractivity contribution in [1.82, 2.24) is 0 Å². The lowest BCUT2D eigenvalue weighted by atomic mass is 9.71. The molecule has 110 valence electrons. The summed E-state index contributed by atoms with van der Waals surface area (Å²) in [5.41, 5.74) is 7.58. The first-order valence-corrected chi connectivity index (χ1v) is 7.38. The van der Waals surface area contributed by atoms with E-state index in [0.29, 0.717) is 18.0 Å². The highest BCUT2D eigenvalue weighted by atomic mass is 16.5. The van der Waals surface area contributed by atoms with Crippen molar-refractivity contribution in [3.8, 4) is 0 Å². The van der Waals surface area contributed by atoms with E-state index < -0.39 is 0 Å². The number of benzene rings is 1. The van der Waals surface area contributed by atoms with E-state index in [1.807, 2.05) is 24.3 Å². The van der Waals surface area contributed by atoms with Gasteiger partial charge < -0.3 is 10.5 Å². The summed E-state index contributed by atoms with van der Waals surface area (Å²) in [7, 11) is 0. The van der Waals surface area contributed by atoms with Crippen molar-refractivity contribution in [3.63, 3.8) is 0 Å². The first kappa shape index (κ1) is 14.9. The van der Waals surface area contributed by atoms with Crippen LogP contribution in [0, 0.1) is 11.3 Å². The molecule has 2 rings (SSSR count). The summed E-state index contributed by atoms with van der Waals surface area (Å²) in [6, 6.07) is 7.42. The second-order valence-corrected chi connectivity index (χ2v) is 6.95. The van der Waals surface area contributed by atoms with E-state index in [-0.39, 0.29) is 17.5 Å². The molecule has 3 heteroatoms. The number of nitrogen functional groups attached to an aromatic ring is 1. The zero-order chi connectivity index (χ0) is 14.8. The summed E-state index contributed by atoms with van der Waals surface area (Å²) >= 11 is 0. The minimum absolute atomic E-state index is 0.0577. The second kappa shape index (κ2) is 5.86. The van der Waals surface area contributed by atoms with Gasteiger partial charge in [0.1, 0.15) is 6.10 Å². The molecule has 0 radical (unpaired) electrons. The molecule has 1 fully saturated rings. The Labute approximate surface area is 121 Å². The van der Waals surface area contributed by atoms with Crippen LogP contribution in [0.1, 0.15) is 45.6 Å². The smallest absolute Gasteiger partial charge is 0.310 e. The number of hydrogen-bond donors (Lipinski definition) is 1. The van der Waals surface area contributed by atoms with E-state index in [0.717, 1.165) is 18.4 Å². The summed E-state index contributed by atoms with van der Waals surface area (Å²) in [4.78, 5) is 12.0. The summed E-state index contributed by atoms with van der Waals surface area (Å²) in [5.74, 6) is 0.467. The van der Waals surface area contributed by atoms with E-state index in [1.165, 1.54) is 6.42 Å². The van der Waals surface area contributed by atoms with Crippen LogP contribution in [0.2, 0.25) is 0 Å². The first-order chi connectivity index (χ1) is 9.34. The molecule has 2 N–H and O–H groups in total. The minimum Gasteiger partial charge on any atom is -0.462 e. The van der Waals surface area contributed by atoms with Gasteiger partial charge in [-0.25, -0.2) is 0 Å². The third-order valence-corrected chi connectivity index (χ3v) is 3.94. The van der Waals surface area contributed by atoms with Gasteiger partial charge >= 0.3 is 5.97 Å². The van der Waals surface area contributed by atoms with E-state index in [1.54, 1.807) is 0 Å². The van der Waals surface area contributed by atoms with Crippen LogP contribution < -0.4 is 5.73 Å². The molecule has 1 aliphatic rings. The predicted octanol–water partition coefficient (Wildman–Crippen LogP) is 3.57. The molecule has 0 spiro atoms. The van der Waals surface area contributed by atoms with E-state index in [2.05, 4.69) is 20.8 Å². The van der Waals surface area contributed by atoms with Crippen molar-refractivity contribution < 1.29 is 9.53 Å². The highest BCUT2D eigenvalue weighted by Crippen LogP contribution is 2.39. The number of hydrogen-bond acceptors (Lipinski definition) is 3. The number of anilines is 1. The number of rotatable bonds is 3. The number of ether oxygens (including phenoxy) is 1. The first-order valence-electron chi connectivity index (χ1n) is 7.38. The fraction of sp³-hybridized carbons (Fsp3) is 0.588. The van der Waals surface area contributed by atoms with E-state index >= 15 is 0 Å². The molecule has 1 aliphatic carbocycles. The molecule has 20 heavy (non-hydrogen) atoms. The molecule has 0 aromatic heterocycles. The average Bonchev–Trinajstić information content (AvgIpc) is 2.25. The maximum Gasteiger partial charge on any atom is 0.310 e. The van der Waals surface area contributed by atoms with E-state index in [4.69, 9.17) is 10.5 Å². The SMILES string of the molecule is CC1CC(OC(=O)Cc2cccc(N)c2)CC(C)(C)C1. The van der Waals surface area contributed by atoms with Gasteiger partial charge in [-0.3, -0.25) is 4.79 Å². The molecule has 1 aromatic carbocycles. The lowest BCUT2D eigenvalue weighted by Crippen LogP contribution is -2.34. The maximum atomic E-state index is 12.0. The average molecular weight is 275 g/mol. The third kappa shape index (κ3) is 4.26. The molecule has 0 aliphatic heterocycles. The Hall–Kier alpha value is -1.51. The number of carbonyl (C=O) groups excluding carboxylic acids is 1. The molecule has 0 bridgehead atoms. The van der Waals surface area contributed by atoms with Crippen molar-refractivity contribution in [3.05, 3.63) is 29.8 Å². The highest BCUT2D eigenvalue weighted by Gasteiger charge is 2.33. The Morgan fingerprint density at radius 1 is 1.40 bits per heavy atom. The standard InChI is InChI=1S/C17H25NO2/c1-12-7-15(11-17(2,3)10-12)20-16(19)9-13-5-4-6-14(18)8-13/h4-6,8,12,15H,7,9-11,18H2,1-3H3. The van der Waals surface area contributed by atoms with Crippen molar-refractivity contribution in [2.75, 3.05) is 5.73 Å². The molecule has 0 amide bonds. The van der Waals surface area contributed by atoms with Crippen molar-refractivity contribution in [2.24, 2.45) is 11.3 Å². The summed E-state index contributed by atoms with van der Waals surface area (Å²) < 4.78 is 5.66. The zero-order valence-electron chi connectivity index (χ0n) is 12.7. The Balaban J connectivity index is 1.91. The van der Waals surface area contributed by atoms with Crippen LogP contribution >= 0.6 is 0 Å². The Bertz CT molecular complexity index is 482. The molecule has 2 unspecified atom stereocenters. The van der Waals surface area contributed by atoms with Gasteiger partial charge in [-0.15, -0.1) is 0 Å². The fourth-order valence-electron chi connectivity index (χ4n) is 3.45. The van der Waals surface area contributed by atoms with Crippen molar-refractivity contribution >= 4 is 11.7 Å². The molecule has 1 aromatic rings. The monoisotopic (exact) mass is 275 g/mol. The van der Waals surface area contributed by atoms with Crippen molar-refractivity contribution in [1.29, 1.82) is 0 Å². The summed E-state index contributed by atoms with van der Waals surface area (Å²) in [5, 5.41) is 0. The fourth-order valence-corrected chi connectivity index (χ4v) is 3.45. The van der Waals surface area contributed by atoms with Gasteiger partial charge in [0.2, 0.25) is 0 Å². The van der Waals surface area contributed by atoms with Gasteiger partial charge in [-0.2, -0.15) is 0 Å².